The molecule has 0 aromatic heterocycles. The number of hydrogen-bond donors (Lipinski definition) is 2. The third kappa shape index (κ3) is 19.0. The van der Waals surface area contributed by atoms with Gasteiger partial charge in [-0.3, -0.25) is 9.59 Å². The standard InChI is InChI=1S/C10H11ClO2.C8H7ClO2.C7H7Cl.C2H6O.CO/c1-2-13-10(12)7-8-5-3-4-6-9(8)11;9-7-4-2-1-3-6(7)5-8(10)11;1-6-4-2-3-5-7(6)8;1-2-3;1-2/h3-6H,2,7H2,1H3;1-4H,5H2,(H,10,11);2-5H,1H3;3H,2H2,1H3;. The molecule has 2 N–H and O–H groups in total. The Morgan fingerprint density at radius 2 is 1.16 bits per heavy atom. The Morgan fingerprint density at radius 3 is 1.49 bits per heavy atom. The second-order valence-electron chi connectivity index (χ2n) is 6.80. The van der Waals surface area contributed by atoms with E-state index in [2.05, 4.69) is 6.65 Å². The average molecular weight is 570 g/mol. The first kappa shape index (κ1) is 36.3. The summed E-state index contributed by atoms with van der Waals surface area (Å²) in [7, 11) is 0. The quantitative estimate of drug-likeness (QED) is 0.195. The zero-order valence-electron chi connectivity index (χ0n) is 20.9. The van der Waals surface area contributed by atoms with Crippen molar-refractivity contribution >= 4 is 46.7 Å². The molecule has 6 nitrogen and oxygen atoms in total. The van der Waals surface area contributed by atoms with Crippen molar-refractivity contribution in [2.45, 2.75) is 33.6 Å². The van der Waals surface area contributed by atoms with Crippen molar-refractivity contribution < 1.29 is 29.2 Å². The molecule has 0 atom stereocenters. The van der Waals surface area contributed by atoms with Crippen molar-refractivity contribution in [3.05, 3.63) is 111 Å². The van der Waals surface area contributed by atoms with Gasteiger partial charge in [-0.2, -0.15) is 0 Å². The summed E-state index contributed by atoms with van der Waals surface area (Å²) in [6, 6.07) is 22.0. The number of carbonyl (C=O) groups is 2. The fourth-order valence-corrected chi connectivity index (χ4v) is 2.91. The first-order chi connectivity index (χ1) is 17.7. The predicted molar refractivity (Wildman–Crippen MR) is 147 cm³/mol. The van der Waals surface area contributed by atoms with Crippen LogP contribution in [0.4, 0.5) is 0 Å². The first-order valence-electron chi connectivity index (χ1n) is 11.0. The van der Waals surface area contributed by atoms with Crippen LogP contribution in [0.1, 0.15) is 30.5 Å². The number of halogens is 3. The van der Waals surface area contributed by atoms with Crippen LogP contribution in [0.15, 0.2) is 72.8 Å². The Hall–Kier alpha value is -2.83. The summed E-state index contributed by atoms with van der Waals surface area (Å²) in [4.78, 5) is 21.3. The Kier molecular flexibility index (Phi) is 23.1. The molecule has 0 radical (unpaired) electrons. The SMILES string of the molecule is CCO.CCOC(=O)Cc1ccccc1Cl.Cc1ccccc1Cl.O=C(O)Cc1ccccc1Cl.[C-]#[O+]. The topological polar surface area (TPSA) is 104 Å². The number of aliphatic hydroxyl groups is 1. The van der Waals surface area contributed by atoms with Crippen LogP contribution in [-0.4, -0.2) is 35.4 Å². The number of rotatable bonds is 5. The number of carboxylic acids is 1. The number of aryl methyl sites for hydroxylation is 1. The molecular formula is C28H31Cl3O6. The van der Waals surface area contributed by atoms with E-state index < -0.39 is 5.97 Å². The zero-order chi connectivity index (χ0) is 28.6. The Balaban J connectivity index is 0. The second-order valence-corrected chi connectivity index (χ2v) is 8.02. The Bertz CT molecular complexity index is 1050. The number of aliphatic carboxylic acids is 1. The van der Waals surface area contributed by atoms with E-state index in [1.165, 1.54) is 0 Å². The van der Waals surface area contributed by atoms with E-state index in [9.17, 15) is 9.59 Å². The number of carbonyl (C=O) groups excluding carboxylic acids is 1. The minimum absolute atomic E-state index is 0.0142. The number of carboxylic acid groups (broad SMARTS) is 1. The molecule has 3 rings (SSSR count). The zero-order valence-corrected chi connectivity index (χ0v) is 23.2. The van der Waals surface area contributed by atoms with Gasteiger partial charge in [-0.25, -0.2) is 0 Å². The molecule has 0 aliphatic carbocycles. The summed E-state index contributed by atoms with van der Waals surface area (Å²) >= 11 is 17.3. The fraction of sp³-hybridized carbons (Fsp3) is 0.250. The van der Waals surface area contributed by atoms with Crippen molar-refractivity contribution in [3.63, 3.8) is 0 Å². The third-order valence-electron chi connectivity index (χ3n) is 3.97. The van der Waals surface area contributed by atoms with Crippen LogP contribution in [0.5, 0.6) is 0 Å². The molecule has 0 unspecified atom stereocenters. The van der Waals surface area contributed by atoms with Crippen LogP contribution in [0, 0.1) is 13.6 Å². The predicted octanol–water partition coefficient (Wildman–Crippen LogP) is 7.02. The van der Waals surface area contributed by atoms with Crippen molar-refractivity contribution in [1.82, 2.24) is 0 Å². The maximum absolute atomic E-state index is 11.1. The molecule has 3 aromatic carbocycles. The number of ether oxygens (including phenoxy) is 1. The van der Waals surface area contributed by atoms with Gasteiger partial charge in [0.15, 0.2) is 0 Å². The van der Waals surface area contributed by atoms with E-state index >= 15 is 0 Å². The van der Waals surface area contributed by atoms with Crippen LogP contribution < -0.4 is 0 Å². The average Bonchev–Trinajstić information content (AvgIpc) is 2.86. The van der Waals surface area contributed by atoms with Gasteiger partial charge in [0.2, 0.25) is 0 Å². The molecule has 0 aliphatic heterocycles. The Labute approximate surface area is 233 Å². The summed E-state index contributed by atoms with van der Waals surface area (Å²) in [5, 5.41) is 18.0. The van der Waals surface area contributed by atoms with Gasteiger partial charge in [-0.05, 0) is 55.7 Å². The number of hydrogen-bond acceptors (Lipinski definition) is 4. The second kappa shape index (κ2) is 23.6. The molecule has 0 amide bonds. The summed E-state index contributed by atoms with van der Waals surface area (Å²) < 4.78 is 12.3. The van der Waals surface area contributed by atoms with Crippen LogP contribution >= 0.6 is 34.8 Å². The summed E-state index contributed by atoms with van der Waals surface area (Å²) in [6.07, 6.45) is 0.229. The van der Waals surface area contributed by atoms with Crippen LogP contribution in [0.3, 0.4) is 0 Å². The molecular weight excluding hydrogens is 539 g/mol. The molecule has 37 heavy (non-hydrogen) atoms. The molecule has 0 saturated heterocycles. The molecule has 0 fully saturated rings. The van der Waals surface area contributed by atoms with Crippen LogP contribution in [0.25, 0.3) is 0 Å². The number of benzene rings is 3. The van der Waals surface area contributed by atoms with Gasteiger partial charge in [-0.15, -0.1) is 0 Å². The molecule has 0 spiro atoms. The van der Waals surface area contributed by atoms with Crippen molar-refractivity contribution in [2.24, 2.45) is 0 Å². The number of aliphatic hydroxyl groups excluding tert-OH is 1. The van der Waals surface area contributed by atoms with Gasteiger partial charge in [0.25, 0.3) is 0 Å². The minimum atomic E-state index is -0.863. The molecule has 0 saturated carbocycles. The maximum atomic E-state index is 11.1. The van der Waals surface area contributed by atoms with Gasteiger partial charge in [0.05, 0.1) is 19.4 Å². The van der Waals surface area contributed by atoms with Gasteiger partial charge < -0.3 is 14.9 Å². The van der Waals surface area contributed by atoms with Crippen LogP contribution in [-0.2, 0) is 31.8 Å². The van der Waals surface area contributed by atoms with Gasteiger partial charge in [0, 0.05) is 21.7 Å². The van der Waals surface area contributed by atoms with Crippen molar-refractivity contribution in [2.75, 3.05) is 13.2 Å². The molecule has 0 aliphatic rings. The van der Waals surface area contributed by atoms with E-state index in [1.807, 2.05) is 49.4 Å². The van der Waals surface area contributed by atoms with E-state index in [4.69, 9.17) is 54.4 Å². The number of esters is 1. The Morgan fingerprint density at radius 1 is 0.784 bits per heavy atom. The van der Waals surface area contributed by atoms with Crippen molar-refractivity contribution in [3.8, 4) is 0 Å². The summed E-state index contributed by atoms with van der Waals surface area (Å²) in [5.74, 6) is -1.10. The normalized spacial score (nSPS) is 8.78. The van der Waals surface area contributed by atoms with Gasteiger partial charge >= 0.3 is 23.2 Å². The molecule has 9 heteroatoms. The molecule has 200 valence electrons. The van der Waals surface area contributed by atoms with Crippen molar-refractivity contribution in [1.29, 1.82) is 0 Å². The molecule has 0 heterocycles. The molecule has 3 aromatic rings. The van der Waals surface area contributed by atoms with E-state index in [-0.39, 0.29) is 25.4 Å². The van der Waals surface area contributed by atoms with E-state index in [0.717, 1.165) is 16.1 Å². The first-order valence-corrected chi connectivity index (χ1v) is 12.2. The molecule has 0 bridgehead atoms. The van der Waals surface area contributed by atoms with Crippen LogP contribution in [0.2, 0.25) is 15.1 Å². The van der Waals surface area contributed by atoms with E-state index in [1.54, 1.807) is 44.2 Å². The van der Waals surface area contributed by atoms with E-state index in [0.29, 0.717) is 22.2 Å². The summed E-state index contributed by atoms with van der Waals surface area (Å²) in [6.45, 7) is 10.6. The van der Waals surface area contributed by atoms with Gasteiger partial charge in [0.1, 0.15) is 0 Å². The monoisotopic (exact) mass is 568 g/mol. The summed E-state index contributed by atoms with van der Waals surface area (Å²) in [5.41, 5.74) is 2.60. The van der Waals surface area contributed by atoms with Gasteiger partial charge in [-0.1, -0.05) is 89.4 Å². The third-order valence-corrected chi connectivity index (χ3v) is 5.14. The fourth-order valence-electron chi connectivity index (χ4n) is 2.36.